The number of hydrogen-bond donors (Lipinski definition) is 1. The van der Waals surface area contributed by atoms with Gasteiger partial charge in [0.2, 0.25) is 0 Å². The van der Waals surface area contributed by atoms with Gasteiger partial charge in [-0.05, 0) is 70.8 Å². The summed E-state index contributed by atoms with van der Waals surface area (Å²) in [6.07, 6.45) is 1.02. The molecule has 0 spiro atoms. The highest BCUT2D eigenvalue weighted by molar-refractivity contribution is 9.10. The molecule has 0 aliphatic carbocycles. The molecule has 0 aliphatic rings. The molecule has 0 saturated carbocycles. The number of esters is 1. The number of imidazole rings is 1. The standard InChI is InChI=1S/C31H42BrN3O5Si/c1-29(2,3)40-28(37)35-24(22(17-26(36)38-9)21-13-12-20(32)16-25(21)35)14-15-31(7,8)27-23(33-19-34-27)18-39-41(10,11)30(4,5)6/h12-13,16,19H,17-18H2,1-11H3,(H,33,34). The van der Waals surface area contributed by atoms with Crippen molar-refractivity contribution in [2.45, 2.75) is 97.6 Å². The van der Waals surface area contributed by atoms with Crippen LogP contribution in [0.4, 0.5) is 4.79 Å². The van der Waals surface area contributed by atoms with Crippen LogP contribution in [0.5, 0.6) is 0 Å². The van der Waals surface area contributed by atoms with Crippen molar-refractivity contribution in [2.75, 3.05) is 7.11 Å². The first kappa shape index (κ1) is 32.6. The fraction of sp³-hybridized carbons (Fsp3) is 0.516. The van der Waals surface area contributed by atoms with Crippen molar-refractivity contribution >= 4 is 47.2 Å². The lowest BCUT2D eigenvalue weighted by Crippen LogP contribution is -2.40. The number of halogens is 1. The van der Waals surface area contributed by atoms with E-state index in [1.807, 2.05) is 32.0 Å². The zero-order chi connectivity index (χ0) is 31.0. The van der Waals surface area contributed by atoms with Crippen LogP contribution in [0.25, 0.3) is 10.9 Å². The largest absolute Gasteiger partial charge is 0.469 e. The highest BCUT2D eigenvalue weighted by Crippen LogP contribution is 2.37. The molecule has 8 nitrogen and oxygen atoms in total. The molecule has 0 amide bonds. The summed E-state index contributed by atoms with van der Waals surface area (Å²) in [5, 5.41) is 0.789. The average Bonchev–Trinajstić information content (AvgIpc) is 3.43. The van der Waals surface area contributed by atoms with Crippen LogP contribution in [0.2, 0.25) is 18.1 Å². The van der Waals surface area contributed by atoms with Gasteiger partial charge in [-0.3, -0.25) is 4.79 Å². The lowest BCUT2D eigenvalue weighted by molar-refractivity contribution is -0.139. The van der Waals surface area contributed by atoms with E-state index in [1.54, 1.807) is 27.1 Å². The Bertz CT molecular complexity index is 1510. The van der Waals surface area contributed by atoms with Crippen LogP contribution >= 0.6 is 15.9 Å². The van der Waals surface area contributed by atoms with Gasteiger partial charge < -0.3 is 18.9 Å². The first-order chi connectivity index (χ1) is 18.8. The van der Waals surface area contributed by atoms with E-state index >= 15 is 0 Å². The number of nitrogens with one attached hydrogen (secondary N) is 1. The molecule has 1 aromatic carbocycles. The number of aromatic amines is 1. The third-order valence-electron chi connectivity index (χ3n) is 7.35. The zero-order valence-corrected chi connectivity index (χ0v) is 28.6. The molecule has 10 heteroatoms. The number of benzene rings is 1. The van der Waals surface area contributed by atoms with Crippen LogP contribution in [-0.2, 0) is 37.1 Å². The number of rotatable bonds is 6. The fourth-order valence-corrected chi connectivity index (χ4v) is 5.35. The zero-order valence-electron chi connectivity index (χ0n) is 26.0. The van der Waals surface area contributed by atoms with Crippen LogP contribution in [0.1, 0.15) is 78.0 Å². The van der Waals surface area contributed by atoms with E-state index in [9.17, 15) is 9.59 Å². The van der Waals surface area contributed by atoms with Gasteiger partial charge in [0.25, 0.3) is 0 Å². The molecule has 0 bridgehead atoms. The Balaban J connectivity index is 2.16. The second-order valence-corrected chi connectivity index (χ2v) is 18.9. The second kappa shape index (κ2) is 11.8. The summed E-state index contributed by atoms with van der Waals surface area (Å²) < 4.78 is 19.4. The van der Waals surface area contributed by atoms with Crippen molar-refractivity contribution in [3.05, 3.63) is 51.6 Å². The van der Waals surface area contributed by atoms with E-state index in [2.05, 4.69) is 71.6 Å². The average molecular weight is 645 g/mol. The number of ether oxygens (including phenoxy) is 2. The molecule has 0 radical (unpaired) electrons. The van der Waals surface area contributed by atoms with Crippen molar-refractivity contribution in [1.29, 1.82) is 0 Å². The van der Waals surface area contributed by atoms with Crippen molar-refractivity contribution in [2.24, 2.45) is 0 Å². The number of carbonyl (C=O) groups is 2. The molecule has 0 saturated heterocycles. The van der Waals surface area contributed by atoms with Gasteiger partial charge >= 0.3 is 12.1 Å². The lowest BCUT2D eigenvalue weighted by atomic mass is 9.88. The maximum absolute atomic E-state index is 13.6. The number of carbonyl (C=O) groups excluding carboxylic acids is 2. The quantitative estimate of drug-likeness (QED) is 0.170. The highest BCUT2D eigenvalue weighted by atomic mass is 79.9. The normalized spacial score (nSPS) is 12.7. The van der Waals surface area contributed by atoms with E-state index < -0.39 is 31.4 Å². The molecule has 0 unspecified atom stereocenters. The fourth-order valence-electron chi connectivity index (χ4n) is 4.07. The maximum Gasteiger partial charge on any atom is 0.420 e. The van der Waals surface area contributed by atoms with Crippen molar-refractivity contribution in [3.8, 4) is 11.8 Å². The molecular weight excluding hydrogens is 602 g/mol. The van der Waals surface area contributed by atoms with Gasteiger partial charge in [0, 0.05) is 15.4 Å². The van der Waals surface area contributed by atoms with Gasteiger partial charge in [0.1, 0.15) is 11.3 Å². The SMILES string of the molecule is COC(=O)Cc1c(C#CC(C)(C)c2nc[nH]c2CO[Si](C)(C)C(C)(C)C)n(C(=O)OC(C)(C)C)c2cc(Br)ccc12. The Hall–Kier alpha value is -2.87. The molecule has 3 aromatic rings. The number of H-pyrrole nitrogens is 1. The molecule has 0 atom stereocenters. The number of fused-ring (bicyclic) bond motifs is 1. The van der Waals surface area contributed by atoms with Crippen molar-refractivity contribution in [1.82, 2.24) is 14.5 Å². The number of nitrogens with zero attached hydrogens (tertiary/aromatic N) is 2. The molecule has 2 heterocycles. The molecule has 0 aliphatic heterocycles. The minimum Gasteiger partial charge on any atom is -0.469 e. The minimum atomic E-state index is -1.99. The summed E-state index contributed by atoms with van der Waals surface area (Å²) >= 11 is 3.51. The summed E-state index contributed by atoms with van der Waals surface area (Å²) in [5.41, 5.74) is 1.72. The molecule has 2 aromatic heterocycles. The monoisotopic (exact) mass is 643 g/mol. The van der Waals surface area contributed by atoms with Crippen LogP contribution in [0, 0.1) is 11.8 Å². The Labute approximate surface area is 252 Å². The molecule has 0 fully saturated rings. The molecular formula is C31H42BrN3O5Si. The summed E-state index contributed by atoms with van der Waals surface area (Å²) in [4.78, 5) is 33.9. The second-order valence-electron chi connectivity index (χ2n) is 13.2. The van der Waals surface area contributed by atoms with Gasteiger partial charge in [0.15, 0.2) is 8.32 Å². The maximum atomic E-state index is 13.6. The smallest absolute Gasteiger partial charge is 0.420 e. The predicted molar refractivity (Wildman–Crippen MR) is 167 cm³/mol. The summed E-state index contributed by atoms with van der Waals surface area (Å²) in [7, 11) is -0.652. The molecule has 3 rings (SSSR count). The number of methoxy groups -OCH3 is 1. The molecule has 222 valence electrons. The minimum absolute atomic E-state index is 0.0527. The molecule has 1 N–H and O–H groups in total. The number of aromatic nitrogens is 3. The molecule has 41 heavy (non-hydrogen) atoms. The predicted octanol–water partition coefficient (Wildman–Crippen LogP) is 7.48. The topological polar surface area (TPSA) is 95.4 Å². The van der Waals surface area contributed by atoms with Gasteiger partial charge in [-0.25, -0.2) is 14.3 Å². The van der Waals surface area contributed by atoms with Gasteiger partial charge in [-0.1, -0.05) is 48.7 Å². The third-order valence-corrected chi connectivity index (χ3v) is 12.3. The van der Waals surface area contributed by atoms with Crippen LogP contribution < -0.4 is 0 Å². The van der Waals surface area contributed by atoms with Crippen molar-refractivity contribution < 1.29 is 23.5 Å². The first-order valence-corrected chi connectivity index (χ1v) is 17.3. The van der Waals surface area contributed by atoms with Crippen LogP contribution in [0.3, 0.4) is 0 Å². The summed E-state index contributed by atoms with van der Waals surface area (Å²) in [6.45, 7) is 20.8. The third kappa shape index (κ3) is 7.51. The van der Waals surface area contributed by atoms with Gasteiger partial charge in [-0.15, -0.1) is 0 Å². The Morgan fingerprint density at radius 1 is 1.10 bits per heavy atom. The first-order valence-electron chi connectivity index (χ1n) is 13.6. The van der Waals surface area contributed by atoms with E-state index in [-0.39, 0.29) is 11.5 Å². The van der Waals surface area contributed by atoms with Crippen LogP contribution in [0.15, 0.2) is 29.0 Å². The van der Waals surface area contributed by atoms with E-state index in [4.69, 9.17) is 13.9 Å². The van der Waals surface area contributed by atoms with E-state index in [0.717, 1.165) is 21.2 Å². The Kier molecular flexibility index (Phi) is 9.38. The Morgan fingerprint density at radius 2 is 1.76 bits per heavy atom. The van der Waals surface area contributed by atoms with Crippen molar-refractivity contribution in [3.63, 3.8) is 0 Å². The van der Waals surface area contributed by atoms with E-state index in [1.165, 1.54) is 11.7 Å². The highest BCUT2D eigenvalue weighted by Gasteiger charge is 2.38. The van der Waals surface area contributed by atoms with Crippen LogP contribution in [-0.4, -0.2) is 47.6 Å². The number of hydrogen-bond acceptors (Lipinski definition) is 6. The van der Waals surface area contributed by atoms with Gasteiger partial charge in [0.05, 0.1) is 48.8 Å². The Morgan fingerprint density at radius 3 is 2.34 bits per heavy atom. The van der Waals surface area contributed by atoms with E-state index in [0.29, 0.717) is 23.4 Å². The van der Waals surface area contributed by atoms with Gasteiger partial charge in [-0.2, -0.15) is 0 Å². The summed E-state index contributed by atoms with van der Waals surface area (Å²) in [5.74, 6) is 6.15. The lowest BCUT2D eigenvalue weighted by Gasteiger charge is -2.36. The summed E-state index contributed by atoms with van der Waals surface area (Å²) in [6, 6.07) is 5.54.